The number of rotatable bonds is 2. The van der Waals surface area contributed by atoms with Crippen molar-refractivity contribution in [3.05, 3.63) is 41.2 Å². The lowest BCUT2D eigenvalue weighted by Gasteiger charge is -2.02. The molecule has 0 radical (unpaired) electrons. The fourth-order valence-electron chi connectivity index (χ4n) is 1.46. The molecule has 0 fully saturated rings. The highest BCUT2D eigenvalue weighted by Crippen LogP contribution is 2.20. The summed E-state index contributed by atoms with van der Waals surface area (Å²) in [4.78, 5) is 4.20. The molecule has 1 heterocycles. The van der Waals surface area contributed by atoms with E-state index in [-0.39, 0.29) is 6.61 Å². The van der Waals surface area contributed by atoms with Crippen molar-refractivity contribution in [2.45, 2.75) is 6.61 Å². The van der Waals surface area contributed by atoms with E-state index < -0.39 is 0 Å². The number of nitrogens with zero attached hydrogens (tertiary/aromatic N) is 2. The van der Waals surface area contributed by atoms with Crippen LogP contribution < -0.4 is 0 Å². The van der Waals surface area contributed by atoms with Crippen molar-refractivity contribution in [2.75, 3.05) is 0 Å². The molecular formula is C11H11ClN2O. The molecule has 0 aliphatic carbocycles. The third kappa shape index (κ3) is 2.03. The average Bonchev–Trinajstić information content (AvgIpc) is 2.58. The maximum atomic E-state index is 8.92. The van der Waals surface area contributed by atoms with Crippen LogP contribution in [0.2, 0.25) is 5.15 Å². The highest BCUT2D eigenvalue weighted by atomic mass is 35.5. The number of aromatic nitrogens is 2. The van der Waals surface area contributed by atoms with Gasteiger partial charge in [-0.15, -0.1) is 0 Å². The second kappa shape index (κ2) is 4.04. The maximum absolute atomic E-state index is 8.92. The van der Waals surface area contributed by atoms with Gasteiger partial charge in [0.2, 0.25) is 0 Å². The minimum absolute atomic E-state index is 0.0571. The van der Waals surface area contributed by atoms with Gasteiger partial charge in [-0.3, -0.25) is 0 Å². The Morgan fingerprint density at radius 3 is 2.47 bits per heavy atom. The van der Waals surface area contributed by atoms with E-state index >= 15 is 0 Å². The molecule has 78 valence electrons. The highest BCUT2D eigenvalue weighted by Gasteiger charge is 2.05. The van der Waals surface area contributed by atoms with Crippen LogP contribution in [0.5, 0.6) is 0 Å². The monoisotopic (exact) mass is 222 g/mol. The van der Waals surface area contributed by atoms with Gasteiger partial charge in [0.25, 0.3) is 0 Å². The summed E-state index contributed by atoms with van der Waals surface area (Å²) in [6.45, 7) is 0.0571. The number of benzene rings is 1. The molecule has 1 N–H and O–H groups in total. The van der Waals surface area contributed by atoms with Crippen LogP contribution in [-0.4, -0.2) is 14.7 Å². The molecule has 0 amide bonds. The summed E-state index contributed by atoms with van der Waals surface area (Å²) in [5, 5.41) is 9.40. The molecule has 0 aliphatic rings. The van der Waals surface area contributed by atoms with Crippen LogP contribution in [0.4, 0.5) is 0 Å². The van der Waals surface area contributed by atoms with Crippen LogP contribution in [0.3, 0.4) is 0 Å². The first-order valence-electron chi connectivity index (χ1n) is 4.60. The number of aliphatic hydroxyl groups excluding tert-OH is 1. The lowest BCUT2D eigenvalue weighted by molar-refractivity contribution is 0.282. The van der Waals surface area contributed by atoms with E-state index in [9.17, 15) is 0 Å². The second-order valence-corrected chi connectivity index (χ2v) is 3.74. The first kappa shape index (κ1) is 10.2. The fourth-order valence-corrected chi connectivity index (χ4v) is 1.68. The third-order valence-corrected chi connectivity index (χ3v) is 2.42. The van der Waals surface area contributed by atoms with Crippen molar-refractivity contribution >= 4 is 11.6 Å². The maximum Gasteiger partial charge on any atom is 0.147 e. The van der Waals surface area contributed by atoms with Gasteiger partial charge >= 0.3 is 0 Å². The molecule has 0 saturated carbocycles. The Labute approximate surface area is 93.0 Å². The first-order valence-corrected chi connectivity index (χ1v) is 4.97. The minimum atomic E-state index is 0.0571. The van der Waals surface area contributed by atoms with Crippen LogP contribution in [0, 0.1) is 0 Å². The molecule has 4 heteroatoms. The molecule has 2 rings (SSSR count). The molecular weight excluding hydrogens is 212 g/mol. The molecule has 15 heavy (non-hydrogen) atoms. The van der Waals surface area contributed by atoms with E-state index in [4.69, 9.17) is 16.7 Å². The standard InChI is InChI=1S/C11H11ClN2O/c1-14-6-10(12)13-11(14)9-4-2-8(7-15)3-5-9/h2-6,15H,7H2,1H3. The molecule has 0 aliphatic heterocycles. The van der Waals surface area contributed by atoms with Crippen LogP contribution in [0.1, 0.15) is 5.56 Å². The largest absolute Gasteiger partial charge is 0.392 e. The lowest BCUT2D eigenvalue weighted by atomic mass is 10.1. The van der Waals surface area contributed by atoms with Gasteiger partial charge in [0.05, 0.1) is 6.61 Å². The molecule has 0 saturated heterocycles. The third-order valence-electron chi connectivity index (χ3n) is 2.24. The van der Waals surface area contributed by atoms with Gasteiger partial charge in [0.1, 0.15) is 11.0 Å². The highest BCUT2D eigenvalue weighted by molar-refractivity contribution is 6.29. The Balaban J connectivity index is 2.41. The first-order chi connectivity index (χ1) is 7.20. The Bertz CT molecular complexity index is 462. The summed E-state index contributed by atoms with van der Waals surface area (Å²) >= 11 is 5.80. The SMILES string of the molecule is Cn1cc(Cl)nc1-c1ccc(CO)cc1. The topological polar surface area (TPSA) is 38.0 Å². The van der Waals surface area contributed by atoms with E-state index in [0.29, 0.717) is 5.15 Å². The Morgan fingerprint density at radius 2 is 2.00 bits per heavy atom. The summed E-state index contributed by atoms with van der Waals surface area (Å²) in [6, 6.07) is 7.59. The summed E-state index contributed by atoms with van der Waals surface area (Å²) in [5.74, 6) is 0.824. The van der Waals surface area contributed by atoms with E-state index in [0.717, 1.165) is 17.0 Å². The van der Waals surface area contributed by atoms with Gasteiger partial charge in [0.15, 0.2) is 0 Å². The molecule has 0 bridgehead atoms. The van der Waals surface area contributed by atoms with Gasteiger partial charge < -0.3 is 9.67 Å². The summed E-state index contributed by atoms with van der Waals surface area (Å²) in [6.07, 6.45) is 1.76. The van der Waals surface area contributed by atoms with E-state index in [2.05, 4.69) is 4.98 Å². The zero-order valence-electron chi connectivity index (χ0n) is 8.31. The minimum Gasteiger partial charge on any atom is -0.392 e. The Morgan fingerprint density at radius 1 is 1.33 bits per heavy atom. The summed E-state index contributed by atoms with van der Waals surface area (Å²) in [5.41, 5.74) is 1.88. The second-order valence-electron chi connectivity index (χ2n) is 3.35. The van der Waals surface area contributed by atoms with Gasteiger partial charge in [-0.2, -0.15) is 0 Å². The molecule has 0 atom stereocenters. The van der Waals surface area contributed by atoms with Crippen molar-refractivity contribution in [3.8, 4) is 11.4 Å². The summed E-state index contributed by atoms with van der Waals surface area (Å²) < 4.78 is 1.87. The fraction of sp³-hybridized carbons (Fsp3) is 0.182. The van der Waals surface area contributed by atoms with Gasteiger partial charge in [0, 0.05) is 18.8 Å². The van der Waals surface area contributed by atoms with E-state index in [1.54, 1.807) is 6.20 Å². The molecule has 2 aromatic rings. The summed E-state index contributed by atoms with van der Waals surface area (Å²) in [7, 11) is 1.90. The Kier molecular flexibility index (Phi) is 2.75. The molecule has 3 nitrogen and oxygen atoms in total. The van der Waals surface area contributed by atoms with Gasteiger partial charge in [-0.05, 0) is 5.56 Å². The van der Waals surface area contributed by atoms with Crippen molar-refractivity contribution in [1.82, 2.24) is 9.55 Å². The van der Waals surface area contributed by atoms with Crippen molar-refractivity contribution in [2.24, 2.45) is 7.05 Å². The molecule has 0 unspecified atom stereocenters. The van der Waals surface area contributed by atoms with Crippen molar-refractivity contribution in [1.29, 1.82) is 0 Å². The lowest BCUT2D eigenvalue weighted by Crippen LogP contribution is -1.91. The van der Waals surface area contributed by atoms with Gasteiger partial charge in [-0.1, -0.05) is 35.9 Å². The van der Waals surface area contributed by atoms with Crippen molar-refractivity contribution in [3.63, 3.8) is 0 Å². The molecule has 1 aromatic carbocycles. The number of aryl methyl sites for hydroxylation is 1. The average molecular weight is 223 g/mol. The van der Waals surface area contributed by atoms with E-state index in [1.807, 2.05) is 35.9 Å². The predicted octanol–water partition coefficient (Wildman–Crippen LogP) is 2.23. The van der Waals surface area contributed by atoms with Gasteiger partial charge in [-0.25, -0.2) is 4.98 Å². The number of hydrogen-bond donors (Lipinski definition) is 1. The number of halogens is 1. The zero-order chi connectivity index (χ0) is 10.8. The van der Waals surface area contributed by atoms with E-state index in [1.165, 1.54) is 0 Å². The quantitative estimate of drug-likeness (QED) is 0.846. The zero-order valence-corrected chi connectivity index (χ0v) is 9.07. The van der Waals surface area contributed by atoms with Crippen LogP contribution >= 0.6 is 11.6 Å². The van der Waals surface area contributed by atoms with Crippen LogP contribution in [0.25, 0.3) is 11.4 Å². The Hall–Kier alpha value is -1.32. The van der Waals surface area contributed by atoms with Crippen LogP contribution in [-0.2, 0) is 13.7 Å². The number of hydrogen-bond acceptors (Lipinski definition) is 2. The number of imidazole rings is 1. The normalized spacial score (nSPS) is 10.6. The molecule has 1 aromatic heterocycles. The van der Waals surface area contributed by atoms with Crippen molar-refractivity contribution < 1.29 is 5.11 Å². The predicted molar refractivity (Wildman–Crippen MR) is 59.6 cm³/mol. The van der Waals surface area contributed by atoms with Crippen LogP contribution in [0.15, 0.2) is 30.5 Å². The molecule has 0 spiro atoms. The smallest absolute Gasteiger partial charge is 0.147 e. The number of aliphatic hydroxyl groups is 1.